The zero-order valence-corrected chi connectivity index (χ0v) is 15.4. The van der Waals surface area contributed by atoms with Crippen LogP contribution in [0, 0.1) is 5.82 Å². The van der Waals surface area contributed by atoms with Crippen molar-refractivity contribution in [2.24, 2.45) is 0 Å². The van der Waals surface area contributed by atoms with Crippen molar-refractivity contribution in [3.8, 4) is 5.75 Å². The summed E-state index contributed by atoms with van der Waals surface area (Å²) in [5.74, 6) is 0.0210. The van der Waals surface area contributed by atoms with E-state index in [9.17, 15) is 14.3 Å². The maximum Gasteiger partial charge on any atom is 0.274 e. The van der Waals surface area contributed by atoms with E-state index in [-0.39, 0.29) is 37.4 Å². The van der Waals surface area contributed by atoms with Gasteiger partial charge in [-0.1, -0.05) is 13.8 Å². The summed E-state index contributed by atoms with van der Waals surface area (Å²) in [5.41, 5.74) is -0.195. The van der Waals surface area contributed by atoms with Gasteiger partial charge in [-0.3, -0.25) is 9.89 Å². The Morgan fingerprint density at radius 1 is 1.44 bits per heavy atom. The molecule has 1 atom stereocenters. The summed E-state index contributed by atoms with van der Waals surface area (Å²) in [6, 6.07) is 7.25. The maximum absolute atomic E-state index is 13.0. The third kappa shape index (κ3) is 4.84. The fourth-order valence-electron chi connectivity index (χ4n) is 2.83. The Morgan fingerprint density at radius 2 is 2.19 bits per heavy atom. The molecule has 2 N–H and O–H groups in total. The molecule has 1 aromatic carbocycles. The number of nitrogens with zero attached hydrogens (tertiary/aromatic N) is 2. The molecule has 1 amide bonds. The second-order valence-electron chi connectivity index (χ2n) is 7.11. The molecule has 1 aliphatic heterocycles. The van der Waals surface area contributed by atoms with Gasteiger partial charge in [0.1, 0.15) is 29.5 Å². The van der Waals surface area contributed by atoms with E-state index < -0.39 is 5.60 Å². The minimum atomic E-state index is -1.38. The molecule has 146 valence electrons. The Labute approximate surface area is 157 Å². The van der Waals surface area contributed by atoms with Crippen molar-refractivity contribution in [1.29, 1.82) is 0 Å². The normalized spacial score (nSPS) is 20.6. The highest BCUT2D eigenvalue weighted by Gasteiger charge is 2.36. The molecule has 2 aromatic rings. The number of hydrogen-bond donors (Lipinski definition) is 2. The van der Waals surface area contributed by atoms with Crippen LogP contribution in [0.2, 0.25) is 0 Å². The van der Waals surface area contributed by atoms with Crippen molar-refractivity contribution in [2.45, 2.75) is 25.4 Å². The van der Waals surface area contributed by atoms with E-state index in [1.54, 1.807) is 6.07 Å². The quantitative estimate of drug-likeness (QED) is 0.832. The molecule has 1 aromatic heterocycles. The molecular weight excluding hydrogens is 353 g/mol. The van der Waals surface area contributed by atoms with Crippen molar-refractivity contribution in [2.75, 3.05) is 32.9 Å². The van der Waals surface area contributed by atoms with E-state index in [4.69, 9.17) is 9.47 Å². The molecule has 1 saturated heterocycles. The number of rotatable bonds is 5. The first kappa shape index (κ1) is 19.3. The van der Waals surface area contributed by atoms with Gasteiger partial charge in [-0.05, 0) is 36.2 Å². The lowest BCUT2D eigenvalue weighted by Gasteiger charge is -2.30. The summed E-state index contributed by atoms with van der Waals surface area (Å²) in [7, 11) is 0. The highest BCUT2D eigenvalue weighted by molar-refractivity contribution is 5.92. The zero-order valence-electron chi connectivity index (χ0n) is 15.4. The van der Waals surface area contributed by atoms with Crippen LogP contribution in [0.4, 0.5) is 4.39 Å². The molecule has 1 aliphatic rings. The topological polar surface area (TPSA) is 87.7 Å². The minimum absolute atomic E-state index is 0.0375. The molecule has 0 radical (unpaired) electrons. The molecule has 3 rings (SSSR count). The number of benzene rings is 1. The van der Waals surface area contributed by atoms with Gasteiger partial charge in [-0.2, -0.15) is 5.10 Å². The van der Waals surface area contributed by atoms with Crippen molar-refractivity contribution in [3.05, 3.63) is 47.5 Å². The molecule has 0 unspecified atom stereocenters. The lowest BCUT2D eigenvalue weighted by atomic mass is 10.1. The average Bonchev–Trinajstić information content (AvgIpc) is 3.06. The molecule has 0 aliphatic carbocycles. The van der Waals surface area contributed by atoms with Crippen molar-refractivity contribution < 1.29 is 23.8 Å². The zero-order chi connectivity index (χ0) is 19.4. The second kappa shape index (κ2) is 8.06. The van der Waals surface area contributed by atoms with Gasteiger partial charge in [-0.25, -0.2) is 4.39 Å². The van der Waals surface area contributed by atoms with Gasteiger partial charge >= 0.3 is 0 Å². The average molecular weight is 377 g/mol. The SMILES string of the molecule is CC(C)c1cc(C(=O)N2CCOC[C@@](O)(COc3ccc(F)cc3)C2)n[nH]1. The fourth-order valence-corrected chi connectivity index (χ4v) is 2.83. The number of H-pyrrole nitrogens is 1. The number of nitrogens with one attached hydrogen (secondary N) is 1. The van der Waals surface area contributed by atoms with E-state index in [0.29, 0.717) is 24.6 Å². The van der Waals surface area contributed by atoms with Crippen LogP contribution in [0.3, 0.4) is 0 Å². The molecular formula is C19H24FN3O4. The Kier molecular flexibility index (Phi) is 5.76. The Bertz CT molecular complexity index is 778. The minimum Gasteiger partial charge on any atom is -0.490 e. The van der Waals surface area contributed by atoms with E-state index in [0.717, 1.165) is 5.69 Å². The monoisotopic (exact) mass is 377 g/mol. The number of β-amino-alcohol motifs (C(OH)–C–C–N with tert-alkyl or cyclic N) is 1. The van der Waals surface area contributed by atoms with Crippen LogP contribution in [-0.4, -0.2) is 64.6 Å². The first-order valence-corrected chi connectivity index (χ1v) is 8.89. The first-order chi connectivity index (χ1) is 12.9. The molecule has 0 saturated carbocycles. The van der Waals surface area contributed by atoms with Gasteiger partial charge in [0.05, 0.1) is 19.8 Å². The van der Waals surface area contributed by atoms with Crippen LogP contribution in [-0.2, 0) is 4.74 Å². The van der Waals surface area contributed by atoms with Crippen LogP contribution < -0.4 is 4.74 Å². The highest BCUT2D eigenvalue weighted by Crippen LogP contribution is 2.19. The summed E-state index contributed by atoms with van der Waals surface area (Å²) in [4.78, 5) is 14.3. The number of aromatic nitrogens is 2. The summed E-state index contributed by atoms with van der Waals surface area (Å²) in [6.07, 6.45) is 0. The Balaban J connectivity index is 1.67. The van der Waals surface area contributed by atoms with Gasteiger partial charge in [0, 0.05) is 12.2 Å². The predicted molar refractivity (Wildman–Crippen MR) is 96.2 cm³/mol. The van der Waals surface area contributed by atoms with E-state index in [1.807, 2.05) is 13.8 Å². The molecule has 8 heteroatoms. The maximum atomic E-state index is 13.0. The van der Waals surface area contributed by atoms with Crippen LogP contribution in [0.1, 0.15) is 35.9 Å². The van der Waals surface area contributed by atoms with Crippen LogP contribution in [0.15, 0.2) is 30.3 Å². The van der Waals surface area contributed by atoms with Crippen LogP contribution >= 0.6 is 0 Å². The van der Waals surface area contributed by atoms with Gasteiger partial charge < -0.3 is 19.5 Å². The number of carbonyl (C=O) groups is 1. The summed E-state index contributed by atoms with van der Waals surface area (Å²) in [6.45, 7) is 4.68. The van der Waals surface area contributed by atoms with Gasteiger partial charge in [-0.15, -0.1) is 0 Å². The van der Waals surface area contributed by atoms with Crippen LogP contribution in [0.25, 0.3) is 0 Å². The fraction of sp³-hybridized carbons (Fsp3) is 0.474. The van der Waals surface area contributed by atoms with Crippen molar-refractivity contribution in [1.82, 2.24) is 15.1 Å². The number of aromatic amines is 1. The predicted octanol–water partition coefficient (Wildman–Crippen LogP) is 1.95. The molecule has 7 nitrogen and oxygen atoms in total. The number of aliphatic hydroxyl groups is 1. The summed E-state index contributed by atoms with van der Waals surface area (Å²) in [5, 5.41) is 17.8. The van der Waals surface area contributed by atoms with Gasteiger partial charge in [0.2, 0.25) is 0 Å². The third-order valence-electron chi connectivity index (χ3n) is 4.41. The molecule has 0 spiro atoms. The molecule has 2 heterocycles. The Morgan fingerprint density at radius 3 is 2.85 bits per heavy atom. The Hall–Kier alpha value is -2.45. The van der Waals surface area contributed by atoms with Crippen LogP contribution in [0.5, 0.6) is 5.75 Å². The first-order valence-electron chi connectivity index (χ1n) is 8.89. The second-order valence-corrected chi connectivity index (χ2v) is 7.11. The molecule has 0 bridgehead atoms. The van der Waals surface area contributed by atoms with Gasteiger partial charge in [0.25, 0.3) is 5.91 Å². The van der Waals surface area contributed by atoms with Gasteiger partial charge in [0.15, 0.2) is 0 Å². The largest absolute Gasteiger partial charge is 0.490 e. The number of ether oxygens (including phenoxy) is 2. The highest BCUT2D eigenvalue weighted by atomic mass is 19.1. The van der Waals surface area contributed by atoms with E-state index in [2.05, 4.69) is 10.2 Å². The lowest BCUT2D eigenvalue weighted by Crippen LogP contribution is -2.50. The van der Waals surface area contributed by atoms with E-state index in [1.165, 1.54) is 29.2 Å². The molecule has 27 heavy (non-hydrogen) atoms. The number of hydrogen-bond acceptors (Lipinski definition) is 5. The third-order valence-corrected chi connectivity index (χ3v) is 4.41. The van der Waals surface area contributed by atoms with Crippen molar-refractivity contribution in [3.63, 3.8) is 0 Å². The van der Waals surface area contributed by atoms with Crippen molar-refractivity contribution >= 4 is 5.91 Å². The molecule has 1 fully saturated rings. The number of halogens is 1. The number of amides is 1. The number of carbonyl (C=O) groups excluding carboxylic acids is 1. The van der Waals surface area contributed by atoms with E-state index >= 15 is 0 Å². The summed E-state index contributed by atoms with van der Waals surface area (Å²) >= 11 is 0. The smallest absolute Gasteiger partial charge is 0.274 e. The standard InChI is InChI=1S/C19H24FN3O4/c1-13(2)16-9-17(22-21-16)18(24)23-7-8-26-11-19(25,10-23)12-27-15-5-3-14(20)4-6-15/h3-6,9,13,25H,7-8,10-12H2,1-2H3,(H,21,22)/t19-/m1/s1. The lowest BCUT2D eigenvalue weighted by molar-refractivity contribution is -0.0621. The summed E-state index contributed by atoms with van der Waals surface area (Å²) < 4.78 is 24.0.